The predicted octanol–water partition coefficient (Wildman–Crippen LogP) is 2.06. The third kappa shape index (κ3) is 3.46. The molecule has 4 nitrogen and oxygen atoms in total. The van der Waals surface area contributed by atoms with Crippen LogP contribution < -0.4 is 10.1 Å². The van der Waals surface area contributed by atoms with Crippen LogP contribution in [0, 0.1) is 0 Å². The van der Waals surface area contributed by atoms with Crippen LogP contribution in [-0.2, 0) is 4.79 Å². The highest BCUT2D eigenvalue weighted by Gasteiger charge is 2.17. The van der Waals surface area contributed by atoms with E-state index in [-0.39, 0.29) is 11.6 Å². The summed E-state index contributed by atoms with van der Waals surface area (Å²) >= 11 is 5.88. The van der Waals surface area contributed by atoms with Crippen LogP contribution in [-0.4, -0.2) is 24.8 Å². The van der Waals surface area contributed by atoms with Crippen LogP contribution in [0.2, 0.25) is 5.02 Å². The first-order valence-corrected chi connectivity index (χ1v) is 5.52. The summed E-state index contributed by atoms with van der Waals surface area (Å²) in [5.41, 5.74) is 0.244. The Bertz CT molecular complexity index is 443. The Labute approximate surface area is 105 Å². The second-order valence-electron chi connectivity index (χ2n) is 3.81. The highest BCUT2D eigenvalue weighted by Crippen LogP contribution is 2.25. The van der Waals surface area contributed by atoms with E-state index >= 15 is 0 Å². The minimum Gasteiger partial charge on any atom is -0.495 e. The van der Waals surface area contributed by atoms with E-state index in [1.165, 1.54) is 19.2 Å². The van der Waals surface area contributed by atoms with Crippen LogP contribution in [0.3, 0.4) is 0 Å². The molecule has 1 aromatic carbocycles. The zero-order valence-corrected chi connectivity index (χ0v) is 10.7. The number of amides is 1. The number of rotatable bonds is 4. The molecule has 17 heavy (non-hydrogen) atoms. The number of ketones is 1. The molecule has 5 heteroatoms. The van der Waals surface area contributed by atoms with Crippen molar-refractivity contribution in [2.75, 3.05) is 7.11 Å². The third-order valence-electron chi connectivity index (χ3n) is 2.04. The first kappa shape index (κ1) is 13.5. The highest BCUT2D eigenvalue weighted by atomic mass is 35.5. The smallest absolute Gasteiger partial charge is 0.292 e. The quantitative estimate of drug-likeness (QED) is 0.662. The molecule has 1 rings (SSSR count). The third-order valence-corrected chi connectivity index (χ3v) is 2.34. The van der Waals surface area contributed by atoms with Crippen molar-refractivity contribution in [1.29, 1.82) is 0 Å². The molecule has 0 aromatic heterocycles. The van der Waals surface area contributed by atoms with Crippen molar-refractivity contribution in [2.45, 2.75) is 19.9 Å². The van der Waals surface area contributed by atoms with Crippen LogP contribution in [0.25, 0.3) is 0 Å². The van der Waals surface area contributed by atoms with Gasteiger partial charge in [0.15, 0.2) is 0 Å². The lowest BCUT2D eigenvalue weighted by Gasteiger charge is -2.08. The topological polar surface area (TPSA) is 55.4 Å². The fourth-order valence-corrected chi connectivity index (χ4v) is 1.52. The summed E-state index contributed by atoms with van der Waals surface area (Å²) in [6, 6.07) is 4.40. The molecule has 0 atom stereocenters. The Balaban J connectivity index is 2.90. The summed E-state index contributed by atoms with van der Waals surface area (Å²) in [5.74, 6) is -0.781. The van der Waals surface area contributed by atoms with Gasteiger partial charge >= 0.3 is 0 Å². The van der Waals surface area contributed by atoms with Crippen LogP contribution in [0.5, 0.6) is 5.75 Å². The number of halogens is 1. The molecule has 0 fully saturated rings. The van der Waals surface area contributed by atoms with E-state index in [4.69, 9.17) is 16.3 Å². The number of benzene rings is 1. The predicted molar refractivity (Wildman–Crippen MR) is 65.6 cm³/mol. The zero-order valence-electron chi connectivity index (χ0n) is 9.91. The molecule has 0 unspecified atom stereocenters. The number of methoxy groups -OCH3 is 1. The van der Waals surface area contributed by atoms with Gasteiger partial charge < -0.3 is 10.1 Å². The first-order chi connectivity index (χ1) is 7.95. The number of nitrogens with one attached hydrogen (secondary N) is 1. The maximum absolute atomic E-state index is 11.7. The van der Waals surface area contributed by atoms with Crippen molar-refractivity contribution in [3.63, 3.8) is 0 Å². The van der Waals surface area contributed by atoms with Gasteiger partial charge in [-0.1, -0.05) is 11.6 Å². The Morgan fingerprint density at radius 1 is 1.35 bits per heavy atom. The lowest BCUT2D eigenvalue weighted by atomic mass is 10.1. The second kappa shape index (κ2) is 5.68. The van der Waals surface area contributed by atoms with Gasteiger partial charge in [0.05, 0.1) is 12.1 Å². The summed E-state index contributed by atoms with van der Waals surface area (Å²) in [4.78, 5) is 23.2. The lowest BCUT2D eigenvalue weighted by molar-refractivity contribution is -0.117. The van der Waals surface area contributed by atoms with E-state index in [1.54, 1.807) is 19.9 Å². The van der Waals surface area contributed by atoms with Crippen molar-refractivity contribution in [1.82, 2.24) is 5.32 Å². The number of hydrogen-bond donors (Lipinski definition) is 1. The first-order valence-electron chi connectivity index (χ1n) is 5.14. The minimum atomic E-state index is -0.638. The summed E-state index contributed by atoms with van der Waals surface area (Å²) < 4.78 is 4.96. The molecule has 0 saturated carbocycles. The molecule has 1 amide bonds. The monoisotopic (exact) mass is 255 g/mol. The standard InChI is InChI=1S/C12H14ClNO3/c1-7(2)14-12(16)11(15)8-4-5-10(17-3)9(13)6-8/h4-7H,1-3H3,(H,14,16). The molecule has 0 spiro atoms. The van der Waals surface area contributed by atoms with Crippen LogP contribution in [0.4, 0.5) is 0 Å². The van der Waals surface area contributed by atoms with Gasteiger partial charge in [-0.3, -0.25) is 9.59 Å². The van der Waals surface area contributed by atoms with E-state index in [0.29, 0.717) is 10.8 Å². The Morgan fingerprint density at radius 2 is 2.00 bits per heavy atom. The average molecular weight is 256 g/mol. The maximum Gasteiger partial charge on any atom is 0.292 e. The average Bonchev–Trinajstić information content (AvgIpc) is 2.27. The fourth-order valence-electron chi connectivity index (χ4n) is 1.27. The zero-order chi connectivity index (χ0) is 13.0. The SMILES string of the molecule is COc1ccc(C(=O)C(=O)NC(C)C)cc1Cl. The molecule has 0 radical (unpaired) electrons. The highest BCUT2D eigenvalue weighted by molar-refractivity contribution is 6.43. The van der Waals surface area contributed by atoms with Crippen molar-refractivity contribution < 1.29 is 14.3 Å². The summed E-state index contributed by atoms with van der Waals surface area (Å²) in [5, 5.41) is 2.83. The molecular formula is C12H14ClNO3. The van der Waals surface area contributed by atoms with E-state index in [1.807, 2.05) is 0 Å². The molecule has 0 bridgehead atoms. The summed E-state index contributed by atoms with van der Waals surface area (Å²) in [6.45, 7) is 3.57. The summed E-state index contributed by atoms with van der Waals surface area (Å²) in [6.07, 6.45) is 0. The van der Waals surface area contributed by atoms with Gasteiger partial charge in [0.25, 0.3) is 5.91 Å². The van der Waals surface area contributed by atoms with Crippen molar-refractivity contribution in [3.8, 4) is 5.75 Å². The summed E-state index contributed by atoms with van der Waals surface area (Å²) in [7, 11) is 1.48. The lowest BCUT2D eigenvalue weighted by Crippen LogP contribution is -2.35. The molecule has 0 saturated heterocycles. The van der Waals surface area contributed by atoms with E-state index in [2.05, 4.69) is 5.32 Å². The minimum absolute atomic E-state index is 0.0832. The van der Waals surface area contributed by atoms with E-state index in [0.717, 1.165) is 0 Å². The Hall–Kier alpha value is -1.55. The fraction of sp³-hybridized carbons (Fsp3) is 0.333. The molecule has 0 heterocycles. The molecule has 0 aliphatic carbocycles. The normalized spacial score (nSPS) is 10.2. The van der Waals surface area contributed by atoms with Gasteiger partial charge in [-0.05, 0) is 32.0 Å². The number of carbonyl (C=O) groups excluding carboxylic acids is 2. The molecule has 92 valence electrons. The molecule has 0 aliphatic heterocycles. The van der Waals surface area contributed by atoms with Crippen molar-refractivity contribution >= 4 is 23.3 Å². The van der Waals surface area contributed by atoms with Gasteiger partial charge in [0.1, 0.15) is 5.75 Å². The number of hydrogen-bond acceptors (Lipinski definition) is 3. The molecule has 1 N–H and O–H groups in total. The van der Waals surface area contributed by atoms with Gasteiger partial charge in [-0.2, -0.15) is 0 Å². The van der Waals surface area contributed by atoms with Crippen molar-refractivity contribution in [2.24, 2.45) is 0 Å². The van der Waals surface area contributed by atoms with Crippen LogP contribution >= 0.6 is 11.6 Å². The van der Waals surface area contributed by atoms with Gasteiger partial charge in [-0.25, -0.2) is 0 Å². The number of carbonyl (C=O) groups is 2. The Morgan fingerprint density at radius 3 is 2.47 bits per heavy atom. The van der Waals surface area contributed by atoms with Gasteiger partial charge in [0.2, 0.25) is 5.78 Å². The van der Waals surface area contributed by atoms with Gasteiger partial charge in [-0.15, -0.1) is 0 Å². The number of Topliss-reactive ketones (excluding diaryl/α,β-unsaturated/α-hetero) is 1. The van der Waals surface area contributed by atoms with Gasteiger partial charge in [0, 0.05) is 11.6 Å². The van der Waals surface area contributed by atoms with E-state index < -0.39 is 11.7 Å². The van der Waals surface area contributed by atoms with Crippen LogP contribution in [0.1, 0.15) is 24.2 Å². The molecule has 1 aromatic rings. The maximum atomic E-state index is 11.7. The molecule has 0 aliphatic rings. The van der Waals surface area contributed by atoms with Crippen LogP contribution in [0.15, 0.2) is 18.2 Å². The number of ether oxygens (including phenoxy) is 1. The largest absolute Gasteiger partial charge is 0.495 e. The van der Waals surface area contributed by atoms with Crippen molar-refractivity contribution in [3.05, 3.63) is 28.8 Å². The molecular weight excluding hydrogens is 242 g/mol. The second-order valence-corrected chi connectivity index (χ2v) is 4.21. The van der Waals surface area contributed by atoms with E-state index in [9.17, 15) is 9.59 Å². The Kier molecular flexibility index (Phi) is 4.52.